The van der Waals surface area contributed by atoms with Crippen LogP contribution in [0.2, 0.25) is 0 Å². The molecule has 0 fully saturated rings. The molecule has 0 aliphatic heterocycles. The highest BCUT2D eigenvalue weighted by molar-refractivity contribution is 7.89. The maximum atomic E-state index is 12.5. The number of rotatable bonds is 5. The van der Waals surface area contributed by atoms with Crippen LogP contribution < -0.4 is 10.5 Å². The van der Waals surface area contributed by atoms with E-state index in [1.165, 1.54) is 6.33 Å². The molecule has 0 aliphatic carbocycles. The predicted molar refractivity (Wildman–Crippen MR) is 78.8 cm³/mol. The van der Waals surface area contributed by atoms with Gasteiger partial charge in [0, 0.05) is 13.6 Å². The Bertz CT molecular complexity index is 739. The summed E-state index contributed by atoms with van der Waals surface area (Å²) in [4.78, 5) is 0.236. The molecule has 0 bridgehead atoms. The number of sulfonamides is 1. The zero-order chi connectivity index (χ0) is 15.6. The van der Waals surface area contributed by atoms with E-state index in [4.69, 9.17) is 5.73 Å². The van der Waals surface area contributed by atoms with E-state index >= 15 is 0 Å². The molecule has 1 aromatic heterocycles. The van der Waals surface area contributed by atoms with Crippen LogP contribution >= 0.6 is 0 Å². The van der Waals surface area contributed by atoms with Crippen LogP contribution in [0.4, 0.5) is 0 Å². The number of hydrogen-bond donors (Lipinski definition) is 2. The summed E-state index contributed by atoms with van der Waals surface area (Å²) in [5.41, 5.74) is 7.02. The van der Waals surface area contributed by atoms with E-state index in [9.17, 15) is 8.42 Å². The standard InChI is InChI=1S/C13H19N5O2S/c1-9-4-5-11(7-14)6-12(9)21(19,20)17-10(2)13-16-15-8-18(13)3/h4-6,8,10,17H,7,14H2,1-3H3. The van der Waals surface area contributed by atoms with Gasteiger partial charge in [0.25, 0.3) is 0 Å². The third-order valence-corrected chi connectivity index (χ3v) is 4.93. The van der Waals surface area contributed by atoms with Crippen molar-refractivity contribution >= 4 is 10.0 Å². The Balaban J connectivity index is 2.33. The van der Waals surface area contributed by atoms with Crippen LogP contribution in [0.1, 0.15) is 29.9 Å². The fraction of sp³-hybridized carbons (Fsp3) is 0.385. The zero-order valence-corrected chi connectivity index (χ0v) is 13.1. The Hall–Kier alpha value is -1.77. The molecule has 3 N–H and O–H groups in total. The van der Waals surface area contributed by atoms with Crippen molar-refractivity contribution in [2.24, 2.45) is 12.8 Å². The molecule has 1 aromatic carbocycles. The molecular weight excluding hydrogens is 290 g/mol. The zero-order valence-electron chi connectivity index (χ0n) is 12.2. The number of hydrogen-bond acceptors (Lipinski definition) is 5. The molecule has 0 spiro atoms. The minimum absolute atomic E-state index is 0.236. The van der Waals surface area contributed by atoms with Gasteiger partial charge in [-0.25, -0.2) is 13.1 Å². The van der Waals surface area contributed by atoms with Crippen LogP contribution in [0, 0.1) is 6.92 Å². The van der Waals surface area contributed by atoms with Crippen molar-refractivity contribution < 1.29 is 8.42 Å². The molecule has 0 amide bonds. The molecule has 1 unspecified atom stereocenters. The van der Waals surface area contributed by atoms with Gasteiger partial charge in [-0.3, -0.25) is 0 Å². The quantitative estimate of drug-likeness (QED) is 0.843. The van der Waals surface area contributed by atoms with E-state index in [2.05, 4.69) is 14.9 Å². The van der Waals surface area contributed by atoms with Gasteiger partial charge in [-0.15, -0.1) is 10.2 Å². The monoisotopic (exact) mass is 309 g/mol. The number of nitrogens with two attached hydrogens (primary N) is 1. The summed E-state index contributed by atoms with van der Waals surface area (Å²) in [6.45, 7) is 3.77. The number of benzene rings is 1. The van der Waals surface area contributed by atoms with E-state index < -0.39 is 16.1 Å². The molecule has 0 saturated heterocycles. The van der Waals surface area contributed by atoms with E-state index in [0.717, 1.165) is 5.56 Å². The van der Waals surface area contributed by atoms with Gasteiger partial charge >= 0.3 is 0 Å². The summed E-state index contributed by atoms with van der Waals surface area (Å²) in [6.07, 6.45) is 1.53. The third-order valence-electron chi connectivity index (χ3n) is 3.24. The van der Waals surface area contributed by atoms with Gasteiger partial charge in [0.2, 0.25) is 10.0 Å². The largest absolute Gasteiger partial charge is 0.326 e. The Morgan fingerprint density at radius 1 is 1.43 bits per heavy atom. The average Bonchev–Trinajstić information content (AvgIpc) is 2.85. The molecule has 1 atom stereocenters. The normalized spacial score (nSPS) is 13.3. The van der Waals surface area contributed by atoms with Gasteiger partial charge in [0.05, 0.1) is 10.9 Å². The van der Waals surface area contributed by atoms with Gasteiger partial charge in [0.15, 0.2) is 0 Å². The molecule has 2 aromatic rings. The lowest BCUT2D eigenvalue weighted by Gasteiger charge is -2.15. The van der Waals surface area contributed by atoms with Crippen molar-refractivity contribution in [3.05, 3.63) is 41.5 Å². The molecule has 7 nitrogen and oxygen atoms in total. The van der Waals surface area contributed by atoms with Crippen LogP contribution in [0.25, 0.3) is 0 Å². The number of nitrogens with zero attached hydrogens (tertiary/aromatic N) is 3. The first-order chi connectivity index (χ1) is 9.85. The van der Waals surface area contributed by atoms with Crippen molar-refractivity contribution in [3.8, 4) is 0 Å². The summed E-state index contributed by atoms with van der Waals surface area (Å²) in [7, 11) is -1.89. The molecule has 2 rings (SSSR count). The fourth-order valence-electron chi connectivity index (χ4n) is 2.09. The van der Waals surface area contributed by atoms with Crippen LogP contribution in [0.3, 0.4) is 0 Å². The number of aryl methyl sites for hydroxylation is 2. The van der Waals surface area contributed by atoms with Gasteiger partial charge < -0.3 is 10.3 Å². The van der Waals surface area contributed by atoms with Crippen molar-refractivity contribution in [2.75, 3.05) is 0 Å². The van der Waals surface area contributed by atoms with Crippen LogP contribution in [-0.4, -0.2) is 23.2 Å². The van der Waals surface area contributed by atoms with Gasteiger partial charge in [-0.05, 0) is 31.0 Å². The number of aromatic nitrogens is 3. The Kier molecular flexibility index (Phi) is 4.40. The minimum atomic E-state index is -3.65. The highest BCUT2D eigenvalue weighted by Gasteiger charge is 2.22. The average molecular weight is 309 g/mol. The summed E-state index contributed by atoms with van der Waals surface area (Å²) >= 11 is 0. The molecule has 8 heteroatoms. The summed E-state index contributed by atoms with van der Waals surface area (Å²) in [5, 5.41) is 7.67. The lowest BCUT2D eigenvalue weighted by molar-refractivity contribution is 0.552. The first-order valence-electron chi connectivity index (χ1n) is 6.51. The van der Waals surface area contributed by atoms with Crippen molar-refractivity contribution in [3.63, 3.8) is 0 Å². The number of nitrogens with one attached hydrogen (secondary N) is 1. The van der Waals surface area contributed by atoms with E-state index in [1.807, 2.05) is 6.07 Å². The minimum Gasteiger partial charge on any atom is -0.326 e. The maximum Gasteiger partial charge on any atom is 0.241 e. The molecule has 0 aliphatic rings. The first-order valence-corrected chi connectivity index (χ1v) is 7.99. The van der Waals surface area contributed by atoms with Gasteiger partial charge in [-0.2, -0.15) is 0 Å². The smallest absolute Gasteiger partial charge is 0.241 e. The molecule has 0 radical (unpaired) electrons. The first kappa shape index (κ1) is 15.6. The molecule has 1 heterocycles. The van der Waals surface area contributed by atoms with Gasteiger partial charge in [0.1, 0.15) is 12.2 Å². The van der Waals surface area contributed by atoms with Gasteiger partial charge in [-0.1, -0.05) is 12.1 Å². The van der Waals surface area contributed by atoms with E-state index in [0.29, 0.717) is 17.9 Å². The second-order valence-corrected chi connectivity index (χ2v) is 6.63. The maximum absolute atomic E-state index is 12.5. The van der Waals surface area contributed by atoms with Crippen molar-refractivity contribution in [1.29, 1.82) is 0 Å². The predicted octanol–water partition coefficient (Wildman–Crippen LogP) is 0.622. The lowest BCUT2D eigenvalue weighted by Crippen LogP contribution is -2.29. The van der Waals surface area contributed by atoms with E-state index in [1.54, 1.807) is 37.6 Å². The third kappa shape index (κ3) is 3.29. The second kappa shape index (κ2) is 5.92. The van der Waals surface area contributed by atoms with Crippen LogP contribution in [-0.2, 0) is 23.6 Å². The second-order valence-electron chi connectivity index (χ2n) is 4.95. The Morgan fingerprint density at radius 3 is 2.71 bits per heavy atom. The molecule has 21 heavy (non-hydrogen) atoms. The molecule has 0 saturated carbocycles. The molecule has 114 valence electrons. The van der Waals surface area contributed by atoms with Crippen LogP contribution in [0.5, 0.6) is 0 Å². The van der Waals surface area contributed by atoms with E-state index in [-0.39, 0.29) is 4.90 Å². The Morgan fingerprint density at radius 2 is 2.14 bits per heavy atom. The highest BCUT2D eigenvalue weighted by Crippen LogP contribution is 2.19. The fourth-order valence-corrected chi connectivity index (χ4v) is 3.59. The highest BCUT2D eigenvalue weighted by atomic mass is 32.2. The lowest BCUT2D eigenvalue weighted by atomic mass is 10.1. The van der Waals surface area contributed by atoms with Crippen LogP contribution in [0.15, 0.2) is 29.4 Å². The summed E-state index contributed by atoms with van der Waals surface area (Å²) in [6, 6.07) is 4.69. The topological polar surface area (TPSA) is 103 Å². The molecular formula is C13H19N5O2S. The SMILES string of the molecule is Cc1ccc(CN)cc1S(=O)(=O)NC(C)c1nncn1C. The van der Waals surface area contributed by atoms with Crippen molar-refractivity contribution in [2.45, 2.75) is 31.3 Å². The summed E-state index contributed by atoms with van der Waals surface area (Å²) in [5.74, 6) is 0.547. The Labute approximate surface area is 124 Å². The van der Waals surface area contributed by atoms with Crippen molar-refractivity contribution in [1.82, 2.24) is 19.5 Å². The summed E-state index contributed by atoms with van der Waals surface area (Å²) < 4.78 is 29.4.